The lowest BCUT2D eigenvalue weighted by atomic mass is 10.1. The van der Waals surface area contributed by atoms with E-state index in [1.165, 1.54) is 25.7 Å². The summed E-state index contributed by atoms with van der Waals surface area (Å²) in [6.07, 6.45) is 14.8. The zero-order valence-corrected chi connectivity index (χ0v) is 35.5. The summed E-state index contributed by atoms with van der Waals surface area (Å²) in [7, 11) is 6.51. The second-order valence-corrected chi connectivity index (χ2v) is 15.9. The fourth-order valence-electron chi connectivity index (χ4n) is 8.57. The second kappa shape index (κ2) is 18.8. The van der Waals surface area contributed by atoms with Crippen molar-refractivity contribution in [2.45, 2.75) is 95.5 Å². The van der Waals surface area contributed by atoms with Crippen LogP contribution in [-0.4, -0.2) is 91.8 Å². The molecule has 0 bridgehead atoms. The van der Waals surface area contributed by atoms with Gasteiger partial charge < -0.3 is 48.7 Å². The second-order valence-electron chi connectivity index (χ2n) is 15.6. The van der Waals surface area contributed by atoms with E-state index in [9.17, 15) is 5.11 Å². The number of hydrogen-bond acceptors (Lipinski definition) is 14. The molecule has 17 heteroatoms. The van der Waals surface area contributed by atoms with Crippen LogP contribution in [0.15, 0.2) is 49.1 Å². The molecule has 0 amide bonds. The largest absolute Gasteiger partial charge is 0.493 e. The van der Waals surface area contributed by atoms with Crippen molar-refractivity contribution >= 4 is 51.5 Å². The van der Waals surface area contributed by atoms with Gasteiger partial charge in [0.25, 0.3) is 0 Å². The normalized spacial score (nSPS) is 17.2. The zero-order valence-electron chi connectivity index (χ0n) is 34.7. The highest BCUT2D eigenvalue weighted by atomic mass is 35.5. The molecule has 4 aromatic heterocycles. The average Bonchev–Trinajstić information content (AvgIpc) is 4.12. The summed E-state index contributed by atoms with van der Waals surface area (Å²) in [4.78, 5) is 29.9. The highest BCUT2D eigenvalue weighted by Crippen LogP contribution is 2.36. The van der Waals surface area contributed by atoms with E-state index in [1.807, 2.05) is 49.1 Å². The van der Waals surface area contributed by atoms with Crippen LogP contribution in [0, 0.1) is 0 Å². The minimum atomic E-state index is -0.346. The first kappa shape index (κ1) is 41.1. The zero-order chi connectivity index (χ0) is 41.6. The van der Waals surface area contributed by atoms with Crippen LogP contribution in [0.1, 0.15) is 87.4 Å². The van der Waals surface area contributed by atoms with Crippen molar-refractivity contribution in [3.05, 3.63) is 65.5 Å². The Bertz CT molecular complexity index is 2400. The number of aliphatic hydroxyl groups is 1. The molecule has 1 atom stereocenters. The monoisotopic (exact) mass is 839 g/mol. The lowest BCUT2D eigenvalue weighted by Gasteiger charge is -2.30. The summed E-state index contributed by atoms with van der Waals surface area (Å²) in [5.74, 6) is 4.77. The number of β-amino-alcohol motifs (C(OH)–C–C–N with tert-alkyl or cyclic N) is 1. The molecular weight excluding hydrogens is 786 g/mol. The van der Waals surface area contributed by atoms with E-state index >= 15 is 0 Å². The standard InChI is InChI=1S/C24H32N6O3.C19H22ClN5O2/c1-32-19-10-9-16(12-20(19)33-2)13-25-22-21-23(30(15-26-21)17-6-3-4-7-17)28-24(27-22)29-11-5-8-18(31)14-29;1-26-14-8-7-12(9-15(14)27-2)10-21-17-16-18(24-19(20)23-17)25(11-22-16)13-5-3-4-6-13/h9-10,12,15,17-18,31H,3-8,11,13-14H2,1-2H3,(H,25,27,28);7-9,11,13H,3-6,10H2,1-2H3,(H,21,23,24). The van der Waals surface area contributed by atoms with Crippen molar-refractivity contribution in [2.75, 3.05) is 57.1 Å². The Morgan fingerprint density at radius 3 is 1.63 bits per heavy atom. The van der Waals surface area contributed by atoms with Gasteiger partial charge in [0, 0.05) is 38.3 Å². The highest BCUT2D eigenvalue weighted by Gasteiger charge is 2.26. The van der Waals surface area contributed by atoms with Crippen molar-refractivity contribution in [3.8, 4) is 23.0 Å². The predicted octanol–water partition coefficient (Wildman–Crippen LogP) is 7.76. The number of imidazole rings is 2. The number of ether oxygens (including phenoxy) is 4. The Kier molecular flexibility index (Phi) is 12.9. The number of methoxy groups -OCH3 is 4. The van der Waals surface area contributed by atoms with E-state index < -0.39 is 0 Å². The van der Waals surface area contributed by atoms with E-state index in [1.54, 1.807) is 28.4 Å². The van der Waals surface area contributed by atoms with Gasteiger partial charge in [-0.15, -0.1) is 0 Å². The van der Waals surface area contributed by atoms with Gasteiger partial charge in [0.15, 0.2) is 57.0 Å². The molecule has 0 spiro atoms. The highest BCUT2D eigenvalue weighted by molar-refractivity contribution is 6.28. The molecule has 318 valence electrons. The van der Waals surface area contributed by atoms with Gasteiger partial charge in [0.1, 0.15) is 0 Å². The van der Waals surface area contributed by atoms with Crippen LogP contribution in [0.25, 0.3) is 22.3 Å². The van der Waals surface area contributed by atoms with Gasteiger partial charge in [-0.05, 0) is 85.5 Å². The molecule has 3 aliphatic rings. The Morgan fingerprint density at radius 1 is 0.633 bits per heavy atom. The smallest absolute Gasteiger partial charge is 0.229 e. The van der Waals surface area contributed by atoms with Crippen LogP contribution >= 0.6 is 11.6 Å². The van der Waals surface area contributed by atoms with Gasteiger partial charge in [-0.1, -0.05) is 37.8 Å². The Labute approximate surface area is 354 Å². The van der Waals surface area contributed by atoms with Gasteiger partial charge in [0.2, 0.25) is 11.2 Å². The third-order valence-electron chi connectivity index (χ3n) is 11.7. The molecule has 60 heavy (non-hydrogen) atoms. The maximum atomic E-state index is 10.2. The first-order valence-corrected chi connectivity index (χ1v) is 21.2. The molecule has 3 fully saturated rings. The third kappa shape index (κ3) is 8.94. The van der Waals surface area contributed by atoms with Gasteiger partial charge in [-0.2, -0.15) is 19.9 Å². The van der Waals surface area contributed by atoms with Crippen LogP contribution in [0.2, 0.25) is 5.28 Å². The summed E-state index contributed by atoms with van der Waals surface area (Å²) in [6.45, 7) is 2.51. The quantitative estimate of drug-likeness (QED) is 0.0964. The lowest BCUT2D eigenvalue weighted by Crippen LogP contribution is -2.39. The third-order valence-corrected chi connectivity index (χ3v) is 11.9. The molecule has 1 aliphatic heterocycles. The van der Waals surface area contributed by atoms with Gasteiger partial charge >= 0.3 is 0 Å². The predicted molar refractivity (Wildman–Crippen MR) is 232 cm³/mol. The van der Waals surface area contributed by atoms with Crippen molar-refractivity contribution in [3.63, 3.8) is 0 Å². The number of piperidine rings is 1. The van der Waals surface area contributed by atoms with E-state index in [4.69, 9.17) is 45.5 Å². The number of aliphatic hydroxyl groups excluding tert-OH is 1. The van der Waals surface area contributed by atoms with E-state index in [2.05, 4.69) is 39.6 Å². The van der Waals surface area contributed by atoms with E-state index in [-0.39, 0.29) is 11.4 Å². The van der Waals surface area contributed by atoms with Crippen LogP contribution in [0.4, 0.5) is 17.6 Å². The molecule has 3 N–H and O–H groups in total. The summed E-state index contributed by atoms with van der Waals surface area (Å²) in [6, 6.07) is 12.5. The van der Waals surface area contributed by atoms with Crippen molar-refractivity contribution in [2.24, 2.45) is 0 Å². The Morgan fingerprint density at radius 2 is 1.13 bits per heavy atom. The van der Waals surface area contributed by atoms with Crippen molar-refractivity contribution in [1.29, 1.82) is 0 Å². The molecular formula is C43H54ClN11O5. The minimum Gasteiger partial charge on any atom is -0.493 e. The summed E-state index contributed by atoms with van der Waals surface area (Å²) in [5, 5.41) is 17.2. The topological polar surface area (TPSA) is 172 Å². The van der Waals surface area contributed by atoms with Gasteiger partial charge in [-0.25, -0.2) is 9.97 Å². The number of nitrogens with one attached hydrogen (secondary N) is 2. The van der Waals surface area contributed by atoms with Gasteiger partial charge in [-0.3, -0.25) is 0 Å². The van der Waals surface area contributed by atoms with Crippen LogP contribution in [-0.2, 0) is 13.1 Å². The SMILES string of the molecule is COc1ccc(CNc2nc(Cl)nc3c2ncn3C2CCCC2)cc1OC.COc1ccc(CNc2nc(N3CCCC(O)C3)nc3c2ncn3C2CCCC2)cc1OC. The summed E-state index contributed by atoms with van der Waals surface area (Å²) < 4.78 is 25.8. The number of hydrogen-bond donors (Lipinski definition) is 3. The molecule has 9 rings (SSSR count). The lowest BCUT2D eigenvalue weighted by molar-refractivity contribution is 0.153. The van der Waals surface area contributed by atoms with Crippen molar-refractivity contribution in [1.82, 2.24) is 39.0 Å². The molecule has 16 nitrogen and oxygen atoms in total. The average molecular weight is 840 g/mol. The maximum Gasteiger partial charge on any atom is 0.229 e. The Balaban J connectivity index is 0.000000170. The van der Waals surface area contributed by atoms with Crippen LogP contribution in [0.5, 0.6) is 23.0 Å². The summed E-state index contributed by atoms with van der Waals surface area (Å²) >= 11 is 6.19. The molecule has 5 heterocycles. The minimum absolute atomic E-state index is 0.219. The number of benzene rings is 2. The van der Waals surface area contributed by atoms with Crippen LogP contribution in [0.3, 0.4) is 0 Å². The number of nitrogens with zero attached hydrogens (tertiary/aromatic N) is 9. The summed E-state index contributed by atoms with van der Waals surface area (Å²) in [5.41, 5.74) is 5.25. The maximum absolute atomic E-state index is 10.2. The number of fused-ring (bicyclic) bond motifs is 2. The fourth-order valence-corrected chi connectivity index (χ4v) is 8.74. The van der Waals surface area contributed by atoms with Crippen LogP contribution < -0.4 is 34.5 Å². The number of halogens is 1. The van der Waals surface area contributed by atoms with Gasteiger partial charge in [0.05, 0.1) is 47.2 Å². The van der Waals surface area contributed by atoms with E-state index in [0.717, 1.165) is 78.5 Å². The molecule has 2 aliphatic carbocycles. The molecule has 2 aromatic carbocycles. The first-order valence-electron chi connectivity index (χ1n) is 20.8. The number of rotatable bonds is 13. The van der Waals surface area contributed by atoms with Crippen molar-refractivity contribution < 1.29 is 24.1 Å². The molecule has 1 saturated heterocycles. The fraction of sp³-hybridized carbons (Fsp3) is 0.488. The molecule has 1 unspecified atom stereocenters. The number of anilines is 3. The number of aromatic nitrogens is 8. The Hall–Kier alpha value is -5.61. The molecule has 0 radical (unpaired) electrons. The van der Waals surface area contributed by atoms with E-state index in [0.29, 0.717) is 72.3 Å². The first-order chi connectivity index (χ1) is 29.3. The molecule has 6 aromatic rings. The molecule has 2 saturated carbocycles.